The van der Waals surface area contributed by atoms with Crippen LogP contribution in [0.2, 0.25) is 0 Å². The number of nitrogens with zero attached hydrogens (tertiary/aromatic N) is 1. The van der Waals surface area contributed by atoms with Crippen LogP contribution in [0.15, 0.2) is 0 Å². The number of rotatable bonds is 7. The molecule has 0 aliphatic carbocycles. The summed E-state index contributed by atoms with van der Waals surface area (Å²) >= 11 is 0. The molecule has 0 aromatic heterocycles. The van der Waals surface area contributed by atoms with Gasteiger partial charge in [-0.1, -0.05) is 20.8 Å². The molecule has 112 valence electrons. The predicted molar refractivity (Wildman–Crippen MR) is 76.9 cm³/mol. The van der Waals surface area contributed by atoms with Crippen LogP contribution in [0.4, 0.5) is 0 Å². The van der Waals surface area contributed by atoms with Gasteiger partial charge in [0.2, 0.25) is 5.91 Å². The number of nitrogens with two attached hydrogens (primary N) is 1. The first-order valence-corrected chi connectivity index (χ1v) is 7.35. The second-order valence-electron chi connectivity index (χ2n) is 5.77. The van der Waals surface area contributed by atoms with E-state index in [1.54, 1.807) is 0 Å². The highest BCUT2D eigenvalue weighted by Gasteiger charge is 2.26. The molecule has 0 spiro atoms. The molecule has 1 aliphatic rings. The Labute approximate surface area is 116 Å². The Hall–Kier alpha value is -0.650. The molecule has 1 amide bonds. The van der Waals surface area contributed by atoms with E-state index in [0.29, 0.717) is 6.04 Å². The lowest BCUT2D eigenvalue weighted by atomic mass is 10.1. The third-order valence-corrected chi connectivity index (χ3v) is 3.64. The molecule has 0 saturated carbocycles. The minimum atomic E-state index is -0.261. The van der Waals surface area contributed by atoms with Crippen LogP contribution in [0.25, 0.3) is 0 Å². The Balaban J connectivity index is 2.49. The van der Waals surface area contributed by atoms with E-state index < -0.39 is 0 Å². The van der Waals surface area contributed by atoms with Crippen molar-refractivity contribution in [2.45, 2.75) is 64.8 Å². The van der Waals surface area contributed by atoms with Crippen molar-refractivity contribution in [3.63, 3.8) is 0 Å². The van der Waals surface area contributed by atoms with Gasteiger partial charge in [0.15, 0.2) is 0 Å². The molecule has 1 rings (SSSR count). The van der Waals surface area contributed by atoms with Crippen LogP contribution >= 0.6 is 0 Å². The van der Waals surface area contributed by atoms with E-state index in [0.717, 1.165) is 32.5 Å². The third-order valence-electron chi connectivity index (χ3n) is 3.64. The number of hydrogen-bond donors (Lipinski definition) is 2. The summed E-state index contributed by atoms with van der Waals surface area (Å²) in [5, 5.41) is 3.23. The van der Waals surface area contributed by atoms with Gasteiger partial charge in [0.1, 0.15) is 0 Å². The molecule has 3 N–H and O–H groups in total. The quantitative estimate of drug-likeness (QED) is 0.716. The van der Waals surface area contributed by atoms with Gasteiger partial charge in [-0.15, -0.1) is 0 Å². The summed E-state index contributed by atoms with van der Waals surface area (Å²) in [6.45, 7) is 10.9. The number of primary amides is 1. The average Bonchev–Trinajstić information content (AvgIpc) is 2.34. The predicted octanol–water partition coefficient (Wildman–Crippen LogP) is 0.728. The highest BCUT2D eigenvalue weighted by Crippen LogP contribution is 2.15. The van der Waals surface area contributed by atoms with Crippen molar-refractivity contribution in [2.75, 3.05) is 19.7 Å². The molecule has 3 atom stereocenters. The zero-order valence-electron chi connectivity index (χ0n) is 12.7. The maximum absolute atomic E-state index is 11.4. The molecule has 5 nitrogen and oxygen atoms in total. The summed E-state index contributed by atoms with van der Waals surface area (Å²) < 4.78 is 5.68. The molecular formula is C14H29N3O2. The molecule has 0 aromatic carbocycles. The largest absolute Gasteiger partial charge is 0.376 e. The zero-order chi connectivity index (χ0) is 14.4. The number of ether oxygens (including phenoxy) is 1. The summed E-state index contributed by atoms with van der Waals surface area (Å²) in [5.41, 5.74) is 5.45. The van der Waals surface area contributed by atoms with Crippen LogP contribution in [-0.4, -0.2) is 54.7 Å². The van der Waals surface area contributed by atoms with Gasteiger partial charge in [0.05, 0.1) is 18.8 Å². The minimum Gasteiger partial charge on any atom is -0.376 e. The van der Waals surface area contributed by atoms with Crippen molar-refractivity contribution in [2.24, 2.45) is 5.73 Å². The second-order valence-corrected chi connectivity index (χ2v) is 5.77. The molecule has 0 bridgehead atoms. The minimum absolute atomic E-state index is 0.240. The number of nitrogens with one attached hydrogen (secondary N) is 1. The Morgan fingerprint density at radius 3 is 2.74 bits per heavy atom. The molecular weight excluding hydrogens is 242 g/mol. The second kappa shape index (κ2) is 7.82. The summed E-state index contributed by atoms with van der Waals surface area (Å²) in [6, 6.07) is 0.488. The highest BCUT2D eigenvalue weighted by atomic mass is 16.5. The molecule has 1 heterocycles. The summed E-state index contributed by atoms with van der Waals surface area (Å²) in [6.07, 6.45) is 2.11. The van der Waals surface area contributed by atoms with Crippen molar-refractivity contribution in [1.82, 2.24) is 10.2 Å². The lowest BCUT2D eigenvalue weighted by Gasteiger charge is -2.38. The van der Waals surface area contributed by atoms with E-state index in [9.17, 15) is 4.79 Å². The smallest absolute Gasteiger partial charge is 0.234 e. The van der Waals surface area contributed by atoms with Gasteiger partial charge in [-0.05, 0) is 19.8 Å². The van der Waals surface area contributed by atoms with Crippen LogP contribution in [0.1, 0.15) is 40.5 Å². The number of hydrogen-bond acceptors (Lipinski definition) is 4. The Kier molecular flexibility index (Phi) is 6.75. The first-order valence-electron chi connectivity index (χ1n) is 7.35. The topological polar surface area (TPSA) is 67.6 Å². The van der Waals surface area contributed by atoms with E-state index in [-0.39, 0.29) is 24.1 Å². The number of carbonyl (C=O) groups is 1. The fourth-order valence-electron chi connectivity index (χ4n) is 2.57. The summed E-state index contributed by atoms with van der Waals surface area (Å²) in [5.74, 6) is -0.261. The molecule has 1 saturated heterocycles. The average molecular weight is 271 g/mol. The fourth-order valence-corrected chi connectivity index (χ4v) is 2.57. The lowest BCUT2D eigenvalue weighted by molar-refractivity contribution is -0.120. The van der Waals surface area contributed by atoms with Crippen molar-refractivity contribution in [1.29, 1.82) is 0 Å². The number of carbonyl (C=O) groups excluding carboxylic acids is 1. The van der Waals surface area contributed by atoms with Crippen LogP contribution in [-0.2, 0) is 9.53 Å². The molecule has 0 radical (unpaired) electrons. The first-order chi connectivity index (χ1) is 8.93. The van der Waals surface area contributed by atoms with Crippen LogP contribution < -0.4 is 11.1 Å². The number of amides is 1. The van der Waals surface area contributed by atoms with E-state index in [1.807, 2.05) is 13.8 Å². The van der Waals surface area contributed by atoms with E-state index in [1.165, 1.54) is 0 Å². The standard InChI is InChI=1S/C14H29N3O2/c1-5-12-9-19-11(4)8-17(12)7-6-13(14(15)18)16-10(2)3/h10-13,16H,5-9H2,1-4H3,(H2,15,18). The monoisotopic (exact) mass is 271 g/mol. The third kappa shape index (κ3) is 5.47. The van der Waals surface area contributed by atoms with Gasteiger partial charge >= 0.3 is 0 Å². The van der Waals surface area contributed by atoms with E-state index in [2.05, 4.69) is 24.1 Å². The zero-order valence-corrected chi connectivity index (χ0v) is 12.7. The van der Waals surface area contributed by atoms with Gasteiger partial charge in [0, 0.05) is 25.2 Å². The van der Waals surface area contributed by atoms with Crippen LogP contribution in [0.3, 0.4) is 0 Å². The first kappa shape index (κ1) is 16.4. The molecule has 0 aromatic rings. The maximum Gasteiger partial charge on any atom is 0.234 e. The molecule has 3 unspecified atom stereocenters. The van der Waals surface area contributed by atoms with Gasteiger partial charge in [0.25, 0.3) is 0 Å². The SMILES string of the molecule is CCC1COC(C)CN1CCC(NC(C)C)C(N)=O. The van der Waals surface area contributed by atoms with Crippen LogP contribution in [0, 0.1) is 0 Å². The molecule has 19 heavy (non-hydrogen) atoms. The van der Waals surface area contributed by atoms with Crippen molar-refractivity contribution in [3.05, 3.63) is 0 Å². The highest BCUT2D eigenvalue weighted by molar-refractivity contribution is 5.79. The van der Waals surface area contributed by atoms with Crippen molar-refractivity contribution in [3.8, 4) is 0 Å². The summed E-state index contributed by atoms with van der Waals surface area (Å²) in [7, 11) is 0. The lowest BCUT2D eigenvalue weighted by Crippen LogP contribution is -2.51. The van der Waals surface area contributed by atoms with Gasteiger partial charge < -0.3 is 15.8 Å². The molecule has 1 fully saturated rings. The van der Waals surface area contributed by atoms with Crippen LogP contribution in [0.5, 0.6) is 0 Å². The normalized spacial score (nSPS) is 26.6. The van der Waals surface area contributed by atoms with Crippen molar-refractivity contribution >= 4 is 5.91 Å². The Morgan fingerprint density at radius 2 is 2.21 bits per heavy atom. The molecule has 1 aliphatic heterocycles. The van der Waals surface area contributed by atoms with E-state index in [4.69, 9.17) is 10.5 Å². The van der Waals surface area contributed by atoms with E-state index >= 15 is 0 Å². The van der Waals surface area contributed by atoms with Gasteiger partial charge in [-0.3, -0.25) is 9.69 Å². The maximum atomic E-state index is 11.4. The number of morpholine rings is 1. The van der Waals surface area contributed by atoms with Gasteiger partial charge in [-0.2, -0.15) is 0 Å². The Morgan fingerprint density at radius 1 is 1.53 bits per heavy atom. The fraction of sp³-hybridized carbons (Fsp3) is 0.929. The summed E-state index contributed by atoms with van der Waals surface area (Å²) in [4.78, 5) is 13.9. The Bertz CT molecular complexity index is 284. The van der Waals surface area contributed by atoms with Crippen molar-refractivity contribution < 1.29 is 9.53 Å². The van der Waals surface area contributed by atoms with Gasteiger partial charge in [-0.25, -0.2) is 0 Å². The molecule has 5 heteroatoms.